The molecule has 1 saturated heterocycles. The average molecular weight is 513 g/mol. The lowest BCUT2D eigenvalue weighted by Gasteiger charge is -2.26. The van der Waals surface area contributed by atoms with Crippen LogP contribution in [0.1, 0.15) is 34.7 Å². The lowest BCUT2D eigenvalue weighted by Crippen LogP contribution is -2.29. The van der Waals surface area contributed by atoms with Crippen molar-refractivity contribution in [2.24, 2.45) is 0 Å². The molecule has 3 heterocycles. The zero-order chi connectivity index (χ0) is 26.4. The number of amides is 1. The third kappa shape index (κ3) is 4.12. The second-order valence-corrected chi connectivity index (χ2v) is 9.88. The number of hydrogen-bond donors (Lipinski definition) is 1. The first-order valence-electron chi connectivity index (χ1n) is 12.6. The molecule has 3 aliphatic heterocycles. The van der Waals surface area contributed by atoms with Gasteiger partial charge in [-0.25, -0.2) is 0 Å². The summed E-state index contributed by atoms with van der Waals surface area (Å²) in [4.78, 5) is 30.4. The van der Waals surface area contributed by atoms with Crippen molar-refractivity contribution in [2.75, 3.05) is 32.4 Å². The molecular weight excluding hydrogens is 484 g/mol. The quantitative estimate of drug-likeness (QED) is 0.307. The first-order valence-corrected chi connectivity index (χ1v) is 12.6. The molecule has 6 rings (SSSR count). The molecule has 3 aromatic carbocycles. The predicted octanol–water partition coefficient (Wildman–Crippen LogP) is 4.43. The number of hydrogen-bond acceptors (Lipinski definition) is 7. The summed E-state index contributed by atoms with van der Waals surface area (Å²) in [6, 6.07) is 17.8. The van der Waals surface area contributed by atoms with E-state index in [-0.39, 0.29) is 24.7 Å². The minimum atomic E-state index is -0.760. The van der Waals surface area contributed by atoms with E-state index < -0.39 is 17.7 Å². The number of carbonyl (C=O) groups excluding carboxylic acids is 2. The Morgan fingerprint density at radius 2 is 1.71 bits per heavy atom. The number of aliphatic hydroxyl groups excluding tert-OH is 1. The third-order valence-corrected chi connectivity index (χ3v) is 7.24. The highest BCUT2D eigenvalue weighted by Crippen LogP contribution is 2.42. The molecular formula is C30H28N2O6. The maximum absolute atomic E-state index is 13.5. The van der Waals surface area contributed by atoms with Gasteiger partial charge < -0.3 is 29.1 Å². The number of ketones is 1. The molecule has 1 amide bonds. The van der Waals surface area contributed by atoms with Crippen molar-refractivity contribution in [1.29, 1.82) is 0 Å². The Hall–Kier alpha value is -4.46. The maximum atomic E-state index is 13.5. The highest BCUT2D eigenvalue weighted by atomic mass is 16.7. The minimum Gasteiger partial charge on any atom is -0.507 e. The molecule has 0 spiro atoms. The van der Waals surface area contributed by atoms with E-state index in [1.165, 1.54) is 4.90 Å². The summed E-state index contributed by atoms with van der Waals surface area (Å²) >= 11 is 0. The van der Waals surface area contributed by atoms with Gasteiger partial charge in [0.25, 0.3) is 11.7 Å². The summed E-state index contributed by atoms with van der Waals surface area (Å²) in [5, 5.41) is 11.5. The van der Waals surface area contributed by atoms with Gasteiger partial charge in [-0.15, -0.1) is 0 Å². The number of Topliss-reactive ketones (excluding diaryl/α,β-unsaturated/α-hetero) is 1. The molecule has 0 saturated carbocycles. The van der Waals surface area contributed by atoms with Crippen LogP contribution in [-0.4, -0.2) is 49.2 Å². The van der Waals surface area contributed by atoms with Crippen molar-refractivity contribution in [1.82, 2.24) is 4.90 Å². The van der Waals surface area contributed by atoms with Gasteiger partial charge in [-0.3, -0.25) is 9.59 Å². The zero-order valence-corrected chi connectivity index (χ0v) is 21.3. The van der Waals surface area contributed by atoms with Crippen LogP contribution in [-0.2, 0) is 22.6 Å². The molecule has 38 heavy (non-hydrogen) atoms. The highest BCUT2D eigenvalue weighted by molar-refractivity contribution is 6.46. The standard InChI is InChI=1S/C30H28N2O6/c1-31(2)22-9-6-19(7-10-22)27-26(28(33)21-8-12-23-20(15-21)4-3-13-36-23)29(34)30(35)32(27)16-18-5-11-24-25(14-18)38-17-37-24/h5-12,14-15,27,33H,3-4,13,16-17H2,1-2H3/b28-26-. The van der Waals surface area contributed by atoms with Crippen LogP contribution in [0.15, 0.2) is 66.2 Å². The Labute approximate surface area is 220 Å². The molecule has 1 atom stereocenters. The first kappa shape index (κ1) is 23.9. The number of fused-ring (bicyclic) bond motifs is 2. The van der Waals surface area contributed by atoms with Gasteiger partial charge in [-0.1, -0.05) is 18.2 Å². The molecule has 1 N–H and O–H groups in total. The Kier molecular flexibility index (Phi) is 5.94. The summed E-state index contributed by atoms with van der Waals surface area (Å²) in [6.07, 6.45) is 1.71. The van der Waals surface area contributed by atoms with E-state index >= 15 is 0 Å². The third-order valence-electron chi connectivity index (χ3n) is 7.24. The molecule has 3 aliphatic rings. The highest BCUT2D eigenvalue weighted by Gasteiger charge is 2.46. The number of aliphatic hydroxyl groups is 1. The summed E-state index contributed by atoms with van der Waals surface area (Å²) in [5.41, 5.74) is 4.04. The number of nitrogens with zero attached hydrogens (tertiary/aromatic N) is 2. The average Bonchev–Trinajstić information content (AvgIpc) is 3.50. The molecule has 194 valence electrons. The fourth-order valence-corrected chi connectivity index (χ4v) is 5.24. The maximum Gasteiger partial charge on any atom is 0.295 e. The molecule has 1 unspecified atom stereocenters. The van der Waals surface area contributed by atoms with Crippen LogP contribution >= 0.6 is 0 Å². The number of carbonyl (C=O) groups is 2. The lowest BCUT2D eigenvalue weighted by atomic mass is 9.93. The van der Waals surface area contributed by atoms with Gasteiger partial charge in [0.2, 0.25) is 6.79 Å². The van der Waals surface area contributed by atoms with Crippen LogP contribution in [0.2, 0.25) is 0 Å². The van der Waals surface area contributed by atoms with Crippen molar-refractivity contribution >= 4 is 23.1 Å². The van der Waals surface area contributed by atoms with Crippen molar-refractivity contribution < 1.29 is 28.9 Å². The Balaban J connectivity index is 1.44. The van der Waals surface area contributed by atoms with Crippen LogP contribution < -0.4 is 19.1 Å². The van der Waals surface area contributed by atoms with E-state index in [0.29, 0.717) is 23.7 Å². The predicted molar refractivity (Wildman–Crippen MR) is 141 cm³/mol. The van der Waals surface area contributed by atoms with E-state index in [1.54, 1.807) is 12.1 Å². The zero-order valence-electron chi connectivity index (χ0n) is 21.3. The SMILES string of the molecule is CN(C)c1ccc(C2/C(=C(/O)c3ccc4c(c3)CCCO4)C(=O)C(=O)N2Cc2ccc3c(c2)OCO3)cc1. The smallest absolute Gasteiger partial charge is 0.295 e. The Morgan fingerprint density at radius 3 is 2.50 bits per heavy atom. The second kappa shape index (κ2) is 9.45. The van der Waals surface area contributed by atoms with Crippen LogP contribution in [0.3, 0.4) is 0 Å². The van der Waals surface area contributed by atoms with Gasteiger partial charge >= 0.3 is 0 Å². The van der Waals surface area contributed by atoms with Gasteiger partial charge in [-0.2, -0.15) is 0 Å². The van der Waals surface area contributed by atoms with Crippen LogP contribution in [0, 0.1) is 0 Å². The molecule has 0 radical (unpaired) electrons. The van der Waals surface area contributed by atoms with Gasteiger partial charge in [0.15, 0.2) is 11.5 Å². The number of anilines is 1. The van der Waals surface area contributed by atoms with E-state index in [4.69, 9.17) is 14.2 Å². The fraction of sp³-hybridized carbons (Fsp3) is 0.267. The van der Waals surface area contributed by atoms with E-state index in [0.717, 1.165) is 41.0 Å². The molecule has 8 nitrogen and oxygen atoms in total. The van der Waals surface area contributed by atoms with Crippen LogP contribution in [0.4, 0.5) is 5.69 Å². The minimum absolute atomic E-state index is 0.0741. The van der Waals surface area contributed by atoms with Crippen molar-refractivity contribution in [3.63, 3.8) is 0 Å². The van der Waals surface area contributed by atoms with Gasteiger partial charge in [0, 0.05) is 31.9 Å². The van der Waals surface area contributed by atoms with Gasteiger partial charge in [-0.05, 0) is 72.0 Å². The first-order chi connectivity index (χ1) is 18.4. The van der Waals surface area contributed by atoms with Crippen LogP contribution in [0.5, 0.6) is 17.2 Å². The lowest BCUT2D eigenvalue weighted by molar-refractivity contribution is -0.140. The van der Waals surface area contributed by atoms with E-state index in [9.17, 15) is 14.7 Å². The van der Waals surface area contributed by atoms with E-state index in [1.807, 2.05) is 67.5 Å². The topological polar surface area (TPSA) is 88.5 Å². The summed E-state index contributed by atoms with van der Waals surface area (Å²) in [7, 11) is 3.89. The molecule has 8 heteroatoms. The molecule has 3 aromatic rings. The summed E-state index contributed by atoms with van der Waals surface area (Å²) in [6.45, 7) is 0.968. The number of likely N-dealkylation sites (tertiary alicyclic amines) is 1. The van der Waals surface area contributed by atoms with Gasteiger partial charge in [0.1, 0.15) is 11.5 Å². The largest absolute Gasteiger partial charge is 0.507 e. The van der Waals surface area contributed by atoms with Crippen LogP contribution in [0.25, 0.3) is 5.76 Å². The Bertz CT molecular complexity index is 1460. The molecule has 0 bridgehead atoms. The number of ether oxygens (including phenoxy) is 3. The molecule has 1 fully saturated rings. The Morgan fingerprint density at radius 1 is 0.947 bits per heavy atom. The monoisotopic (exact) mass is 512 g/mol. The van der Waals surface area contributed by atoms with Gasteiger partial charge in [0.05, 0.1) is 18.2 Å². The fourth-order valence-electron chi connectivity index (χ4n) is 5.24. The summed E-state index contributed by atoms with van der Waals surface area (Å²) in [5.74, 6) is 0.467. The van der Waals surface area contributed by atoms with Crippen molar-refractivity contribution in [2.45, 2.75) is 25.4 Å². The summed E-state index contributed by atoms with van der Waals surface area (Å²) < 4.78 is 16.6. The van der Waals surface area contributed by atoms with Crippen molar-refractivity contribution in [3.8, 4) is 17.2 Å². The normalized spacial score (nSPS) is 19.3. The molecule has 0 aromatic heterocycles. The number of aryl methyl sites for hydroxylation is 1. The number of rotatable bonds is 5. The van der Waals surface area contributed by atoms with Crippen molar-refractivity contribution in [3.05, 3.63) is 88.5 Å². The molecule has 0 aliphatic carbocycles. The number of benzene rings is 3. The van der Waals surface area contributed by atoms with E-state index in [2.05, 4.69) is 0 Å². The second-order valence-electron chi connectivity index (χ2n) is 9.88.